The number of nitrogens with one attached hydrogen (secondary N) is 1. The van der Waals surface area contributed by atoms with E-state index in [2.05, 4.69) is 45.4 Å². The monoisotopic (exact) mass is 521 g/mol. The number of carbonyl (C=O) groups is 1. The summed E-state index contributed by atoms with van der Waals surface area (Å²) in [5.74, 6) is 2.87. The summed E-state index contributed by atoms with van der Waals surface area (Å²) in [7, 11) is 6.57. The molecule has 1 aliphatic heterocycles. The van der Waals surface area contributed by atoms with Crippen molar-refractivity contribution >= 4 is 16.7 Å². The number of hydrogen-bond acceptors (Lipinski definition) is 7. The van der Waals surface area contributed by atoms with E-state index in [0.29, 0.717) is 23.8 Å². The first-order valence-electron chi connectivity index (χ1n) is 13.1. The molecule has 3 aromatic carbocycles. The van der Waals surface area contributed by atoms with E-state index in [1.165, 1.54) is 10.9 Å². The summed E-state index contributed by atoms with van der Waals surface area (Å²) in [5.41, 5.74) is 2.25. The normalized spacial score (nSPS) is 15.2. The highest BCUT2D eigenvalue weighted by atomic mass is 16.5. The Labute approximate surface area is 225 Å². The Balaban J connectivity index is 1.28. The van der Waals surface area contributed by atoms with Gasteiger partial charge in [0.15, 0.2) is 11.5 Å². The zero-order valence-corrected chi connectivity index (χ0v) is 23.1. The van der Waals surface area contributed by atoms with Gasteiger partial charge >= 0.3 is 0 Å². The minimum Gasteiger partial charge on any atom is -0.497 e. The minimum absolute atomic E-state index is 0.0674. The second-order valence-electron chi connectivity index (χ2n) is 9.53. The third-order valence-electron chi connectivity index (χ3n) is 7.39. The molecule has 1 unspecified atom stereocenters. The number of methoxy groups -OCH3 is 4. The molecule has 1 fully saturated rings. The molecule has 1 atom stereocenters. The topological polar surface area (TPSA) is 72.5 Å². The van der Waals surface area contributed by atoms with Crippen molar-refractivity contribution in [2.75, 3.05) is 61.2 Å². The van der Waals surface area contributed by atoms with Crippen molar-refractivity contribution in [3.05, 3.63) is 59.7 Å². The van der Waals surface area contributed by atoms with Crippen LogP contribution in [-0.4, -0.2) is 82.9 Å². The number of ether oxygens (including phenoxy) is 4. The molecule has 1 saturated heterocycles. The number of carbonyl (C=O) groups excluding carboxylic acids is 1. The maximum Gasteiger partial charge on any atom is 0.237 e. The molecule has 0 bridgehead atoms. The summed E-state index contributed by atoms with van der Waals surface area (Å²) in [6.07, 6.45) is 0.768. The van der Waals surface area contributed by atoms with Crippen molar-refractivity contribution in [3.8, 4) is 23.0 Å². The summed E-state index contributed by atoms with van der Waals surface area (Å²) < 4.78 is 22.0. The Morgan fingerprint density at radius 3 is 2.32 bits per heavy atom. The maximum atomic E-state index is 13.0. The first kappa shape index (κ1) is 27.5. The van der Waals surface area contributed by atoms with E-state index in [-0.39, 0.29) is 11.9 Å². The minimum atomic E-state index is -0.180. The molecular formula is C30H39N3O5. The molecule has 8 heteroatoms. The van der Waals surface area contributed by atoms with Crippen LogP contribution in [0.5, 0.6) is 23.0 Å². The number of amides is 1. The highest BCUT2D eigenvalue weighted by molar-refractivity contribution is 5.87. The van der Waals surface area contributed by atoms with Crippen LogP contribution in [0.15, 0.2) is 48.5 Å². The third kappa shape index (κ3) is 6.14. The van der Waals surface area contributed by atoms with Crippen LogP contribution in [0.4, 0.5) is 0 Å². The fraction of sp³-hybridized carbons (Fsp3) is 0.433. The number of benzene rings is 3. The van der Waals surface area contributed by atoms with Crippen LogP contribution in [0.2, 0.25) is 0 Å². The zero-order valence-electron chi connectivity index (χ0n) is 23.1. The molecule has 0 radical (unpaired) electrons. The summed E-state index contributed by atoms with van der Waals surface area (Å²) >= 11 is 0. The summed E-state index contributed by atoms with van der Waals surface area (Å²) in [6, 6.07) is 16.1. The van der Waals surface area contributed by atoms with E-state index in [0.717, 1.165) is 55.8 Å². The van der Waals surface area contributed by atoms with E-state index in [1.807, 2.05) is 25.1 Å². The van der Waals surface area contributed by atoms with Crippen LogP contribution in [-0.2, 0) is 17.8 Å². The van der Waals surface area contributed by atoms with Crippen LogP contribution in [0, 0.1) is 0 Å². The number of piperazine rings is 1. The van der Waals surface area contributed by atoms with Gasteiger partial charge in [0.2, 0.25) is 11.7 Å². The molecule has 1 aliphatic rings. The van der Waals surface area contributed by atoms with Crippen molar-refractivity contribution in [2.24, 2.45) is 0 Å². The molecule has 0 spiro atoms. The van der Waals surface area contributed by atoms with E-state index >= 15 is 0 Å². The predicted molar refractivity (Wildman–Crippen MR) is 150 cm³/mol. The second kappa shape index (κ2) is 12.8. The van der Waals surface area contributed by atoms with Crippen LogP contribution in [0.3, 0.4) is 0 Å². The fourth-order valence-corrected chi connectivity index (χ4v) is 5.13. The van der Waals surface area contributed by atoms with E-state index in [1.54, 1.807) is 28.4 Å². The summed E-state index contributed by atoms with van der Waals surface area (Å²) in [4.78, 5) is 17.6. The smallest absolute Gasteiger partial charge is 0.237 e. The van der Waals surface area contributed by atoms with Gasteiger partial charge in [-0.25, -0.2) is 0 Å². The SMILES string of the molecule is COc1ccc2cccc(CCNC(=O)C(C)N3CCN(Cc4ccc(OC)c(OC)c4OC)CC3)c2c1. The molecule has 0 saturated carbocycles. The average Bonchev–Trinajstić information content (AvgIpc) is 2.96. The highest BCUT2D eigenvalue weighted by Crippen LogP contribution is 2.40. The first-order chi connectivity index (χ1) is 18.5. The van der Waals surface area contributed by atoms with Crippen LogP contribution in [0.25, 0.3) is 10.8 Å². The molecule has 1 N–H and O–H groups in total. The molecule has 0 aromatic heterocycles. The Bertz CT molecular complexity index is 1240. The van der Waals surface area contributed by atoms with Gasteiger partial charge in [-0.15, -0.1) is 0 Å². The fourth-order valence-electron chi connectivity index (χ4n) is 5.13. The summed E-state index contributed by atoms with van der Waals surface area (Å²) in [6.45, 7) is 6.72. The lowest BCUT2D eigenvalue weighted by molar-refractivity contribution is -0.126. The van der Waals surface area contributed by atoms with Gasteiger partial charge < -0.3 is 24.3 Å². The molecule has 1 heterocycles. The van der Waals surface area contributed by atoms with Gasteiger partial charge in [0, 0.05) is 44.8 Å². The Hall–Kier alpha value is -3.49. The Kier molecular flexibility index (Phi) is 9.31. The molecule has 204 valence electrons. The van der Waals surface area contributed by atoms with E-state index < -0.39 is 0 Å². The van der Waals surface area contributed by atoms with Crippen molar-refractivity contribution < 1.29 is 23.7 Å². The van der Waals surface area contributed by atoms with E-state index in [9.17, 15) is 4.79 Å². The average molecular weight is 522 g/mol. The van der Waals surface area contributed by atoms with Crippen LogP contribution in [0.1, 0.15) is 18.1 Å². The number of rotatable bonds is 11. The Morgan fingerprint density at radius 1 is 0.868 bits per heavy atom. The number of hydrogen-bond donors (Lipinski definition) is 1. The Morgan fingerprint density at radius 2 is 1.63 bits per heavy atom. The molecule has 38 heavy (non-hydrogen) atoms. The van der Waals surface area contributed by atoms with Gasteiger partial charge in [0.25, 0.3) is 0 Å². The largest absolute Gasteiger partial charge is 0.497 e. The lowest BCUT2D eigenvalue weighted by Gasteiger charge is -2.37. The standard InChI is InChI=1S/C30H39N3O5/c1-21(30(34)31-14-13-23-8-6-7-22-9-11-25(35-2)19-26(22)23)33-17-15-32(16-18-33)20-24-10-12-27(36-3)29(38-5)28(24)37-4/h6-12,19,21H,13-18,20H2,1-5H3,(H,31,34). The molecule has 0 aliphatic carbocycles. The van der Waals surface area contributed by atoms with E-state index in [4.69, 9.17) is 18.9 Å². The lowest BCUT2D eigenvalue weighted by atomic mass is 10.0. The van der Waals surface area contributed by atoms with Crippen molar-refractivity contribution in [3.63, 3.8) is 0 Å². The van der Waals surface area contributed by atoms with Crippen molar-refractivity contribution in [1.82, 2.24) is 15.1 Å². The number of nitrogens with zero attached hydrogens (tertiary/aromatic N) is 2. The van der Waals surface area contributed by atoms with Crippen LogP contribution < -0.4 is 24.3 Å². The number of fused-ring (bicyclic) bond motifs is 1. The summed E-state index contributed by atoms with van der Waals surface area (Å²) in [5, 5.41) is 5.48. The zero-order chi connectivity index (χ0) is 27.1. The molecule has 3 aromatic rings. The molecular weight excluding hydrogens is 482 g/mol. The second-order valence-corrected chi connectivity index (χ2v) is 9.53. The first-order valence-corrected chi connectivity index (χ1v) is 13.1. The van der Waals surface area contributed by atoms with Gasteiger partial charge in [0.05, 0.1) is 34.5 Å². The molecule has 4 rings (SSSR count). The quantitative estimate of drug-likeness (QED) is 0.412. The van der Waals surface area contributed by atoms with Crippen molar-refractivity contribution in [2.45, 2.75) is 25.9 Å². The third-order valence-corrected chi connectivity index (χ3v) is 7.39. The maximum absolute atomic E-state index is 13.0. The lowest BCUT2D eigenvalue weighted by Crippen LogP contribution is -2.53. The van der Waals surface area contributed by atoms with Gasteiger partial charge in [-0.1, -0.05) is 30.3 Å². The van der Waals surface area contributed by atoms with Gasteiger partial charge in [-0.2, -0.15) is 0 Å². The predicted octanol–water partition coefficient (Wildman–Crippen LogP) is 3.74. The van der Waals surface area contributed by atoms with Crippen molar-refractivity contribution in [1.29, 1.82) is 0 Å². The van der Waals surface area contributed by atoms with Gasteiger partial charge in [-0.05, 0) is 47.9 Å². The molecule has 8 nitrogen and oxygen atoms in total. The van der Waals surface area contributed by atoms with Crippen LogP contribution >= 0.6 is 0 Å². The molecule has 1 amide bonds. The van der Waals surface area contributed by atoms with Gasteiger partial charge in [0.1, 0.15) is 5.75 Å². The van der Waals surface area contributed by atoms with Gasteiger partial charge in [-0.3, -0.25) is 14.6 Å². The highest BCUT2D eigenvalue weighted by Gasteiger charge is 2.26.